The van der Waals surface area contributed by atoms with Crippen molar-refractivity contribution in [2.75, 3.05) is 6.61 Å². The molecule has 162 valence electrons. The number of imidazole rings is 1. The molecule has 1 aliphatic heterocycles. The summed E-state index contributed by atoms with van der Waals surface area (Å²) >= 11 is 5.75. The molecule has 0 bridgehead atoms. The molecular weight excluding hydrogens is 430 g/mol. The molecule has 2 aromatic rings. The standard InChI is InChI=1S/C18H17ClF2N2O7/c1-7(24)28-12-5-27-18(17(30-9(3)26)16(12)29-8(2)25)23-6-22-15-11(23)4-10(19)13(20)14(15)21/h4,6,12,16-18H,5H2,1-3H3/t12-,16-,17-,18-/m1/s1. The minimum absolute atomic E-state index is 0.0496. The molecule has 1 saturated heterocycles. The molecule has 0 amide bonds. The number of hydrogen-bond donors (Lipinski definition) is 0. The lowest BCUT2D eigenvalue weighted by Gasteiger charge is -2.40. The van der Waals surface area contributed by atoms with E-state index in [-0.39, 0.29) is 17.6 Å². The van der Waals surface area contributed by atoms with E-state index in [9.17, 15) is 23.2 Å². The SMILES string of the molecule is CC(=O)O[C@@H]1[C@H](OC(C)=O)[C@H](OC(C)=O)CO[C@H]1n1cnc2c(F)c(F)c(Cl)cc21. The number of ether oxygens (including phenoxy) is 4. The molecule has 2 heterocycles. The van der Waals surface area contributed by atoms with Crippen molar-refractivity contribution >= 4 is 40.5 Å². The Morgan fingerprint density at radius 3 is 2.27 bits per heavy atom. The molecule has 0 N–H and O–H groups in total. The molecule has 4 atom stereocenters. The van der Waals surface area contributed by atoms with E-state index in [1.54, 1.807) is 0 Å². The first-order chi connectivity index (χ1) is 14.1. The second-order valence-corrected chi connectivity index (χ2v) is 6.93. The van der Waals surface area contributed by atoms with Crippen LogP contribution in [0.15, 0.2) is 12.4 Å². The van der Waals surface area contributed by atoms with Crippen molar-refractivity contribution in [3.05, 3.63) is 29.1 Å². The van der Waals surface area contributed by atoms with E-state index >= 15 is 0 Å². The lowest BCUT2D eigenvalue weighted by Crippen LogP contribution is -2.55. The van der Waals surface area contributed by atoms with Crippen molar-refractivity contribution in [3.63, 3.8) is 0 Å². The Morgan fingerprint density at radius 1 is 1.07 bits per heavy atom. The van der Waals surface area contributed by atoms with E-state index in [1.807, 2.05) is 0 Å². The van der Waals surface area contributed by atoms with Crippen molar-refractivity contribution in [1.82, 2.24) is 9.55 Å². The highest BCUT2D eigenvalue weighted by molar-refractivity contribution is 6.31. The third kappa shape index (κ3) is 4.21. The van der Waals surface area contributed by atoms with Gasteiger partial charge in [0.2, 0.25) is 0 Å². The molecule has 0 saturated carbocycles. The topological polar surface area (TPSA) is 106 Å². The summed E-state index contributed by atoms with van der Waals surface area (Å²) in [5.41, 5.74) is -0.276. The summed E-state index contributed by atoms with van der Waals surface area (Å²) in [5.74, 6) is -4.65. The number of halogens is 3. The fourth-order valence-corrected chi connectivity index (χ4v) is 3.43. The van der Waals surface area contributed by atoms with Gasteiger partial charge in [0, 0.05) is 20.8 Å². The van der Waals surface area contributed by atoms with Crippen molar-refractivity contribution in [2.24, 2.45) is 0 Å². The van der Waals surface area contributed by atoms with Crippen LogP contribution in [0.1, 0.15) is 27.0 Å². The van der Waals surface area contributed by atoms with Gasteiger partial charge in [-0.25, -0.2) is 13.8 Å². The van der Waals surface area contributed by atoms with Gasteiger partial charge in [-0.15, -0.1) is 0 Å². The van der Waals surface area contributed by atoms with Crippen LogP contribution in [0.2, 0.25) is 5.02 Å². The van der Waals surface area contributed by atoms with Gasteiger partial charge in [-0.05, 0) is 6.07 Å². The van der Waals surface area contributed by atoms with Crippen molar-refractivity contribution in [2.45, 2.75) is 45.3 Å². The summed E-state index contributed by atoms with van der Waals surface area (Å²) in [4.78, 5) is 38.6. The zero-order chi connectivity index (χ0) is 22.2. The van der Waals surface area contributed by atoms with Gasteiger partial charge in [-0.2, -0.15) is 0 Å². The Bertz CT molecular complexity index is 1010. The molecule has 1 fully saturated rings. The summed E-state index contributed by atoms with van der Waals surface area (Å²) < 4.78 is 50.6. The molecule has 3 rings (SSSR count). The summed E-state index contributed by atoms with van der Waals surface area (Å²) in [6, 6.07) is 1.13. The summed E-state index contributed by atoms with van der Waals surface area (Å²) in [6.07, 6.45) is -3.63. The van der Waals surface area contributed by atoms with Crippen molar-refractivity contribution in [3.8, 4) is 0 Å². The first-order valence-electron chi connectivity index (χ1n) is 8.73. The molecule has 30 heavy (non-hydrogen) atoms. The first-order valence-corrected chi connectivity index (χ1v) is 9.11. The lowest BCUT2D eigenvalue weighted by molar-refractivity contribution is -0.239. The quantitative estimate of drug-likeness (QED) is 0.400. The van der Waals surface area contributed by atoms with Crippen LogP contribution in [0, 0.1) is 11.6 Å². The summed E-state index contributed by atoms with van der Waals surface area (Å²) in [7, 11) is 0. The zero-order valence-electron chi connectivity index (χ0n) is 16.1. The molecule has 0 unspecified atom stereocenters. The van der Waals surface area contributed by atoms with Crippen LogP contribution in [0.5, 0.6) is 0 Å². The van der Waals surface area contributed by atoms with E-state index in [2.05, 4.69) is 4.98 Å². The normalized spacial score (nSPS) is 23.8. The Balaban J connectivity index is 2.09. The van der Waals surface area contributed by atoms with Crippen LogP contribution in [-0.4, -0.2) is 52.4 Å². The maximum absolute atomic E-state index is 14.2. The molecule has 0 aliphatic carbocycles. The Kier molecular flexibility index (Phi) is 6.22. The Labute approximate surface area is 173 Å². The largest absolute Gasteiger partial charge is 0.456 e. The minimum Gasteiger partial charge on any atom is -0.456 e. The van der Waals surface area contributed by atoms with Crippen molar-refractivity contribution < 1.29 is 42.1 Å². The Morgan fingerprint density at radius 2 is 1.67 bits per heavy atom. The number of aromatic nitrogens is 2. The van der Waals surface area contributed by atoms with E-state index in [0.717, 1.165) is 33.2 Å². The third-order valence-electron chi connectivity index (χ3n) is 4.30. The van der Waals surface area contributed by atoms with Gasteiger partial charge in [0.1, 0.15) is 5.52 Å². The minimum atomic E-state index is -1.30. The van der Waals surface area contributed by atoms with Gasteiger partial charge in [0.15, 0.2) is 36.2 Å². The smallest absolute Gasteiger partial charge is 0.303 e. The van der Waals surface area contributed by atoms with E-state index in [4.69, 9.17) is 30.5 Å². The molecule has 1 aromatic carbocycles. The lowest BCUT2D eigenvalue weighted by atomic mass is 10.0. The van der Waals surface area contributed by atoms with Gasteiger partial charge >= 0.3 is 17.9 Å². The first kappa shape index (κ1) is 21.9. The number of esters is 3. The molecule has 9 nitrogen and oxygen atoms in total. The summed E-state index contributed by atoms with van der Waals surface area (Å²) in [5, 5.41) is -0.490. The number of carbonyl (C=O) groups excluding carboxylic acids is 3. The second kappa shape index (κ2) is 8.52. The van der Waals surface area contributed by atoms with Crippen LogP contribution in [0.4, 0.5) is 8.78 Å². The van der Waals surface area contributed by atoms with E-state index in [0.29, 0.717) is 0 Å². The number of fused-ring (bicyclic) bond motifs is 1. The van der Waals surface area contributed by atoms with Crippen molar-refractivity contribution in [1.29, 1.82) is 0 Å². The van der Waals surface area contributed by atoms with Crippen LogP contribution in [-0.2, 0) is 33.3 Å². The predicted octanol–water partition coefficient (Wildman–Crippen LogP) is 2.29. The maximum Gasteiger partial charge on any atom is 0.303 e. The average Bonchev–Trinajstić information content (AvgIpc) is 3.05. The fourth-order valence-electron chi connectivity index (χ4n) is 3.24. The predicted molar refractivity (Wildman–Crippen MR) is 96.3 cm³/mol. The average molecular weight is 447 g/mol. The van der Waals surface area contributed by atoms with Gasteiger partial charge in [0.25, 0.3) is 0 Å². The molecule has 0 spiro atoms. The van der Waals surface area contributed by atoms with E-state index < -0.39 is 59.1 Å². The molecule has 1 aliphatic rings. The third-order valence-corrected chi connectivity index (χ3v) is 4.58. The highest BCUT2D eigenvalue weighted by Gasteiger charge is 2.48. The van der Waals surface area contributed by atoms with E-state index in [1.165, 1.54) is 4.57 Å². The number of benzene rings is 1. The van der Waals surface area contributed by atoms with Crippen LogP contribution in [0.3, 0.4) is 0 Å². The van der Waals surface area contributed by atoms with Gasteiger partial charge < -0.3 is 18.9 Å². The van der Waals surface area contributed by atoms with Crippen LogP contribution < -0.4 is 0 Å². The highest BCUT2D eigenvalue weighted by Crippen LogP contribution is 2.34. The number of hydrogen-bond acceptors (Lipinski definition) is 8. The number of rotatable bonds is 4. The molecular formula is C18H17ClF2N2O7. The maximum atomic E-state index is 14.2. The molecule has 0 radical (unpaired) electrons. The van der Waals surface area contributed by atoms with Gasteiger partial charge in [-0.3, -0.25) is 19.0 Å². The fraction of sp³-hybridized carbons (Fsp3) is 0.444. The second-order valence-electron chi connectivity index (χ2n) is 6.53. The number of nitrogens with zero attached hydrogens (tertiary/aromatic N) is 2. The van der Waals surface area contributed by atoms with Gasteiger partial charge in [0.05, 0.1) is 23.5 Å². The van der Waals surface area contributed by atoms with Crippen LogP contribution >= 0.6 is 11.6 Å². The summed E-state index contributed by atoms with van der Waals surface area (Å²) in [6.45, 7) is 3.16. The van der Waals surface area contributed by atoms with Gasteiger partial charge in [-0.1, -0.05) is 11.6 Å². The highest BCUT2D eigenvalue weighted by atomic mass is 35.5. The monoisotopic (exact) mass is 446 g/mol. The Hall–Kier alpha value is -2.79. The zero-order valence-corrected chi connectivity index (χ0v) is 16.8. The van der Waals surface area contributed by atoms with Crippen LogP contribution in [0.25, 0.3) is 11.0 Å². The number of carbonyl (C=O) groups is 3. The molecule has 1 aromatic heterocycles. The molecule has 12 heteroatoms.